The summed E-state index contributed by atoms with van der Waals surface area (Å²) in [5.74, 6) is -0.0383. The Hall–Kier alpha value is -3.39. The number of aliphatic hydroxyl groups excluding tert-OH is 1. The molecule has 150 valence electrons. The number of fused-ring (bicyclic) bond motifs is 2. The highest BCUT2D eigenvalue weighted by molar-refractivity contribution is 5.94. The standard InChI is InChI=1S/C21H19FN2O5/c22-16-5-2-1-4-15(16)21(27)24(6-3-7-25)11-14-8-13-9-18-19(29-12-28-18)10-17(13)23-20(14)26/h1-2,4-5,8-10,25H,3,6-7,11-12H2,(H,23,26). The minimum absolute atomic E-state index is 0.0209. The Bertz CT molecular complexity index is 1130. The van der Waals surface area contributed by atoms with Crippen molar-refractivity contribution in [2.24, 2.45) is 0 Å². The van der Waals surface area contributed by atoms with Crippen LogP contribution in [-0.2, 0) is 6.54 Å². The lowest BCUT2D eigenvalue weighted by atomic mass is 10.1. The summed E-state index contributed by atoms with van der Waals surface area (Å²) in [4.78, 5) is 29.6. The summed E-state index contributed by atoms with van der Waals surface area (Å²) in [6, 6.07) is 10.8. The maximum Gasteiger partial charge on any atom is 0.257 e. The molecule has 3 aromatic rings. The number of carbonyl (C=O) groups excluding carboxylic acids is 1. The van der Waals surface area contributed by atoms with Crippen LogP contribution < -0.4 is 15.0 Å². The molecular formula is C21H19FN2O5. The van der Waals surface area contributed by atoms with E-state index in [2.05, 4.69) is 4.98 Å². The minimum atomic E-state index is -0.633. The number of hydrogen-bond acceptors (Lipinski definition) is 5. The highest BCUT2D eigenvalue weighted by atomic mass is 19.1. The number of aromatic nitrogens is 1. The molecule has 0 aliphatic carbocycles. The van der Waals surface area contributed by atoms with Crippen molar-refractivity contribution in [1.29, 1.82) is 0 Å². The van der Waals surface area contributed by atoms with Gasteiger partial charge in [0.2, 0.25) is 6.79 Å². The molecule has 1 aromatic heterocycles. The fourth-order valence-corrected chi connectivity index (χ4v) is 3.28. The Labute approximate surface area is 165 Å². The monoisotopic (exact) mass is 398 g/mol. The molecule has 0 bridgehead atoms. The average Bonchev–Trinajstić information content (AvgIpc) is 3.17. The average molecular weight is 398 g/mol. The molecule has 1 aliphatic rings. The number of amides is 1. The number of halogens is 1. The molecule has 2 aromatic carbocycles. The van der Waals surface area contributed by atoms with Crippen molar-refractivity contribution in [1.82, 2.24) is 9.88 Å². The lowest BCUT2D eigenvalue weighted by molar-refractivity contribution is 0.0726. The molecule has 0 saturated heterocycles. The molecule has 4 rings (SSSR count). The number of aliphatic hydroxyl groups is 1. The summed E-state index contributed by atoms with van der Waals surface area (Å²) in [7, 11) is 0. The van der Waals surface area contributed by atoms with E-state index >= 15 is 0 Å². The second kappa shape index (κ2) is 7.92. The topological polar surface area (TPSA) is 91.9 Å². The molecule has 1 aliphatic heterocycles. The molecule has 0 spiro atoms. The summed E-state index contributed by atoms with van der Waals surface area (Å²) in [5, 5.41) is 9.89. The van der Waals surface area contributed by atoms with Crippen LogP contribution in [0.15, 0.2) is 47.3 Å². The summed E-state index contributed by atoms with van der Waals surface area (Å²) >= 11 is 0. The van der Waals surface area contributed by atoms with Crippen LogP contribution in [0.3, 0.4) is 0 Å². The highest BCUT2D eigenvalue weighted by Crippen LogP contribution is 2.35. The number of nitrogens with zero attached hydrogens (tertiary/aromatic N) is 1. The van der Waals surface area contributed by atoms with Crippen LogP contribution in [0.25, 0.3) is 10.9 Å². The van der Waals surface area contributed by atoms with Crippen LogP contribution in [0.4, 0.5) is 4.39 Å². The van der Waals surface area contributed by atoms with E-state index in [9.17, 15) is 14.0 Å². The molecule has 0 radical (unpaired) electrons. The number of benzene rings is 2. The van der Waals surface area contributed by atoms with E-state index in [-0.39, 0.29) is 37.6 Å². The largest absolute Gasteiger partial charge is 0.454 e. The van der Waals surface area contributed by atoms with E-state index in [1.165, 1.54) is 23.1 Å². The Morgan fingerprint density at radius 1 is 1.17 bits per heavy atom. The molecule has 7 nitrogen and oxygen atoms in total. The number of aromatic amines is 1. The predicted molar refractivity (Wildman–Crippen MR) is 104 cm³/mol. The summed E-state index contributed by atoms with van der Waals surface area (Å²) in [6.45, 7) is 0.155. The molecule has 0 unspecified atom stereocenters. The van der Waals surface area contributed by atoms with Gasteiger partial charge < -0.3 is 24.5 Å². The first-order valence-electron chi connectivity index (χ1n) is 9.17. The van der Waals surface area contributed by atoms with Gasteiger partial charge in [0, 0.05) is 30.2 Å². The van der Waals surface area contributed by atoms with Crippen LogP contribution in [0.1, 0.15) is 22.3 Å². The smallest absolute Gasteiger partial charge is 0.257 e. The zero-order valence-electron chi connectivity index (χ0n) is 15.5. The molecule has 2 N–H and O–H groups in total. The number of hydrogen-bond donors (Lipinski definition) is 2. The third-order valence-corrected chi connectivity index (χ3v) is 4.75. The Balaban J connectivity index is 1.68. The lowest BCUT2D eigenvalue weighted by Crippen LogP contribution is -2.34. The van der Waals surface area contributed by atoms with E-state index in [1.807, 2.05) is 0 Å². The van der Waals surface area contributed by atoms with Gasteiger partial charge in [0.25, 0.3) is 11.5 Å². The molecule has 0 fully saturated rings. The fraction of sp³-hybridized carbons (Fsp3) is 0.238. The summed E-state index contributed by atoms with van der Waals surface area (Å²) in [5.41, 5.74) is 0.502. The van der Waals surface area contributed by atoms with E-state index in [0.717, 1.165) is 5.39 Å². The number of rotatable bonds is 6. The van der Waals surface area contributed by atoms with Crippen molar-refractivity contribution < 1.29 is 23.8 Å². The van der Waals surface area contributed by atoms with Crippen LogP contribution in [0, 0.1) is 5.82 Å². The van der Waals surface area contributed by atoms with Gasteiger partial charge in [-0.15, -0.1) is 0 Å². The normalized spacial score (nSPS) is 12.3. The third-order valence-electron chi connectivity index (χ3n) is 4.75. The van der Waals surface area contributed by atoms with Crippen molar-refractivity contribution >= 4 is 16.8 Å². The third kappa shape index (κ3) is 3.79. The minimum Gasteiger partial charge on any atom is -0.454 e. The van der Waals surface area contributed by atoms with E-state index in [1.54, 1.807) is 24.3 Å². The number of H-pyrrole nitrogens is 1. The number of ether oxygens (including phenoxy) is 2. The zero-order chi connectivity index (χ0) is 20.4. The SMILES string of the molecule is O=C(c1ccccc1F)N(CCCO)Cc1cc2cc3c(cc2[nH]c1=O)OCO3. The van der Waals surface area contributed by atoms with Gasteiger partial charge in [-0.1, -0.05) is 12.1 Å². The van der Waals surface area contributed by atoms with E-state index < -0.39 is 11.7 Å². The van der Waals surface area contributed by atoms with Gasteiger partial charge in [0.15, 0.2) is 11.5 Å². The van der Waals surface area contributed by atoms with Gasteiger partial charge in [0.05, 0.1) is 17.6 Å². The van der Waals surface area contributed by atoms with Gasteiger partial charge in [-0.2, -0.15) is 0 Å². The first-order valence-corrected chi connectivity index (χ1v) is 9.17. The summed E-state index contributed by atoms with van der Waals surface area (Å²) in [6.07, 6.45) is 0.310. The first-order chi connectivity index (χ1) is 14.1. The molecular weight excluding hydrogens is 379 g/mol. The van der Waals surface area contributed by atoms with Crippen molar-refractivity contribution in [3.05, 3.63) is 69.8 Å². The predicted octanol–water partition coefficient (Wildman–Crippen LogP) is 2.42. The van der Waals surface area contributed by atoms with Crippen LogP contribution >= 0.6 is 0 Å². The lowest BCUT2D eigenvalue weighted by Gasteiger charge is -2.22. The Morgan fingerprint density at radius 2 is 1.93 bits per heavy atom. The maximum atomic E-state index is 14.1. The Morgan fingerprint density at radius 3 is 2.69 bits per heavy atom. The zero-order valence-corrected chi connectivity index (χ0v) is 15.5. The van der Waals surface area contributed by atoms with Gasteiger partial charge in [-0.25, -0.2) is 4.39 Å². The Kier molecular flexibility index (Phi) is 5.18. The van der Waals surface area contributed by atoms with Crippen molar-refractivity contribution in [3.8, 4) is 11.5 Å². The maximum absolute atomic E-state index is 14.1. The van der Waals surface area contributed by atoms with Crippen LogP contribution in [-0.4, -0.2) is 40.8 Å². The van der Waals surface area contributed by atoms with E-state index in [0.29, 0.717) is 29.0 Å². The molecule has 1 amide bonds. The van der Waals surface area contributed by atoms with Crippen molar-refractivity contribution in [2.45, 2.75) is 13.0 Å². The van der Waals surface area contributed by atoms with Crippen molar-refractivity contribution in [2.75, 3.05) is 19.9 Å². The molecule has 2 heterocycles. The summed E-state index contributed by atoms with van der Waals surface area (Å²) < 4.78 is 24.8. The molecule has 0 atom stereocenters. The van der Waals surface area contributed by atoms with Gasteiger partial charge in [-0.05, 0) is 30.7 Å². The van der Waals surface area contributed by atoms with Gasteiger partial charge >= 0.3 is 0 Å². The fourth-order valence-electron chi connectivity index (χ4n) is 3.28. The molecule has 0 saturated carbocycles. The second-order valence-electron chi connectivity index (χ2n) is 6.70. The van der Waals surface area contributed by atoms with Gasteiger partial charge in [-0.3, -0.25) is 9.59 Å². The number of nitrogens with one attached hydrogen (secondary N) is 1. The van der Waals surface area contributed by atoms with Crippen LogP contribution in [0.2, 0.25) is 0 Å². The molecule has 29 heavy (non-hydrogen) atoms. The number of carbonyl (C=O) groups is 1. The highest BCUT2D eigenvalue weighted by Gasteiger charge is 2.21. The first kappa shape index (κ1) is 18.9. The quantitative estimate of drug-likeness (QED) is 0.665. The van der Waals surface area contributed by atoms with Crippen LogP contribution in [0.5, 0.6) is 11.5 Å². The number of pyridine rings is 1. The molecule has 8 heteroatoms. The van der Waals surface area contributed by atoms with Gasteiger partial charge in [0.1, 0.15) is 5.82 Å². The second-order valence-corrected chi connectivity index (χ2v) is 6.70. The van der Waals surface area contributed by atoms with E-state index in [4.69, 9.17) is 14.6 Å². The van der Waals surface area contributed by atoms with Crippen molar-refractivity contribution in [3.63, 3.8) is 0 Å².